The number of carbonyl (C=O) groups is 4. The number of carbonyl (C=O) groups excluding carboxylic acids is 4. The highest BCUT2D eigenvalue weighted by atomic mass is 35.5. The number of amides is 4. The summed E-state index contributed by atoms with van der Waals surface area (Å²) in [6.07, 6.45) is 5.51. The average molecular weight is 632 g/mol. The molecule has 220 valence electrons. The highest BCUT2D eigenvalue weighted by Gasteiger charge is 2.75. The number of allylic oxidation sites excluding steroid dienone is 3. The Labute approximate surface area is 256 Å². The van der Waals surface area contributed by atoms with E-state index in [0.29, 0.717) is 17.6 Å². The molecule has 0 bridgehead atoms. The van der Waals surface area contributed by atoms with Crippen molar-refractivity contribution in [1.29, 1.82) is 0 Å². The van der Waals surface area contributed by atoms with Gasteiger partial charge in [0.15, 0.2) is 21.2 Å². The van der Waals surface area contributed by atoms with E-state index in [1.165, 1.54) is 37.5 Å². The van der Waals surface area contributed by atoms with Gasteiger partial charge in [-0.2, -0.15) is 0 Å². The summed E-state index contributed by atoms with van der Waals surface area (Å²) in [6.45, 7) is 0.184. The summed E-state index contributed by atoms with van der Waals surface area (Å²) in [6, 6.07) is 6.92. The number of benzene rings is 1. The topological polar surface area (TPSA) is 113 Å². The molecule has 1 N–H and O–H groups in total. The van der Waals surface area contributed by atoms with Gasteiger partial charge >= 0.3 is 0 Å². The molecule has 1 aromatic carbocycles. The number of thiophene rings is 1. The number of imide groups is 2. The molecule has 1 aromatic heterocycles. The minimum Gasteiger partial charge on any atom is -0.502 e. The van der Waals surface area contributed by atoms with E-state index >= 15 is 0 Å². The van der Waals surface area contributed by atoms with Crippen LogP contribution in [0.25, 0.3) is 6.08 Å². The maximum Gasteiger partial charge on any atom is 0.253 e. The van der Waals surface area contributed by atoms with Crippen LogP contribution in [0.1, 0.15) is 23.3 Å². The van der Waals surface area contributed by atoms with Crippen molar-refractivity contribution in [1.82, 2.24) is 9.80 Å². The second kappa shape index (κ2) is 10.1. The number of alkyl halides is 2. The van der Waals surface area contributed by atoms with Crippen LogP contribution in [0.15, 0.2) is 47.4 Å². The summed E-state index contributed by atoms with van der Waals surface area (Å²) in [5, 5.41) is 12.2. The monoisotopic (exact) mass is 630 g/mol. The number of aromatic hydroxyl groups is 1. The standard InChI is InChI=1S/C30H28Cl2N2O7S/c1-33-27(38)29(31)13-19-17(7-8-18-23(19)26(37)34(25(18)36)14-16-5-4-10-42-16)20(30(29,32)28(33)39)9-6-15-11-21(40-2)24(35)22(12-15)41-3/h4-7,9-12,18-20,23,35H,8,13-14H2,1-3H3/t18-,19+,20-,23-,29+,30-/m0/s1. The lowest BCUT2D eigenvalue weighted by Crippen LogP contribution is -2.60. The van der Waals surface area contributed by atoms with Crippen LogP contribution in [0.4, 0.5) is 0 Å². The molecule has 2 saturated heterocycles. The number of rotatable bonds is 6. The molecule has 2 aliphatic heterocycles. The molecule has 3 fully saturated rings. The number of fused-ring (bicyclic) bond motifs is 4. The van der Waals surface area contributed by atoms with Gasteiger partial charge in [-0.05, 0) is 47.9 Å². The van der Waals surface area contributed by atoms with Crippen LogP contribution in [0.3, 0.4) is 0 Å². The molecule has 12 heteroatoms. The quantitative estimate of drug-likeness (QED) is 0.289. The number of nitrogens with zero attached hydrogens (tertiary/aromatic N) is 2. The number of likely N-dealkylation sites (tertiary alicyclic amines) is 2. The molecule has 4 amide bonds. The van der Waals surface area contributed by atoms with Crippen LogP contribution < -0.4 is 9.47 Å². The van der Waals surface area contributed by atoms with Crippen molar-refractivity contribution >= 4 is 64.2 Å². The molecule has 0 spiro atoms. The molecule has 4 aliphatic rings. The van der Waals surface area contributed by atoms with E-state index in [4.69, 9.17) is 32.7 Å². The average Bonchev–Trinajstić information content (AvgIpc) is 3.62. The summed E-state index contributed by atoms with van der Waals surface area (Å²) < 4.78 is 10.5. The molecule has 0 radical (unpaired) electrons. The Balaban J connectivity index is 1.44. The molecule has 2 aromatic rings. The lowest BCUT2D eigenvalue weighted by atomic mass is 9.57. The van der Waals surface area contributed by atoms with Gasteiger partial charge in [0.1, 0.15) is 0 Å². The minimum atomic E-state index is -1.86. The molecule has 6 rings (SSSR count). The Morgan fingerprint density at radius 2 is 1.76 bits per heavy atom. The predicted molar refractivity (Wildman–Crippen MR) is 156 cm³/mol. The van der Waals surface area contributed by atoms with Crippen molar-refractivity contribution in [3.8, 4) is 17.2 Å². The molecular weight excluding hydrogens is 603 g/mol. The van der Waals surface area contributed by atoms with Crippen molar-refractivity contribution in [3.05, 3.63) is 57.8 Å². The number of ether oxygens (including phenoxy) is 2. The molecular formula is C30H28Cl2N2O7S. The van der Waals surface area contributed by atoms with E-state index in [2.05, 4.69) is 0 Å². The van der Waals surface area contributed by atoms with E-state index in [0.717, 1.165) is 9.78 Å². The van der Waals surface area contributed by atoms with Crippen LogP contribution in [0.2, 0.25) is 0 Å². The number of hydrogen-bond donors (Lipinski definition) is 1. The maximum absolute atomic E-state index is 13.9. The highest BCUT2D eigenvalue weighted by molar-refractivity contribution is 7.09. The van der Waals surface area contributed by atoms with Gasteiger partial charge in [0, 0.05) is 17.8 Å². The molecule has 6 atom stereocenters. The van der Waals surface area contributed by atoms with E-state index < -0.39 is 45.2 Å². The summed E-state index contributed by atoms with van der Waals surface area (Å²) >= 11 is 15.8. The zero-order valence-electron chi connectivity index (χ0n) is 23.0. The fraction of sp³-hybridized carbons (Fsp3) is 0.400. The van der Waals surface area contributed by atoms with Gasteiger partial charge in [0.05, 0.1) is 32.6 Å². The minimum absolute atomic E-state index is 0.0585. The van der Waals surface area contributed by atoms with Gasteiger partial charge in [-0.1, -0.05) is 29.9 Å². The van der Waals surface area contributed by atoms with Crippen molar-refractivity contribution in [2.45, 2.75) is 29.1 Å². The van der Waals surface area contributed by atoms with E-state index in [-0.39, 0.29) is 42.0 Å². The van der Waals surface area contributed by atoms with Crippen LogP contribution in [-0.4, -0.2) is 69.6 Å². The first kappa shape index (κ1) is 28.8. The first-order valence-corrected chi connectivity index (χ1v) is 15.0. The molecule has 1 saturated carbocycles. The third kappa shape index (κ3) is 3.88. The van der Waals surface area contributed by atoms with Crippen LogP contribution in [0.5, 0.6) is 17.2 Å². The third-order valence-electron chi connectivity index (χ3n) is 9.04. The molecule has 2 aliphatic carbocycles. The predicted octanol–water partition coefficient (Wildman–Crippen LogP) is 4.21. The first-order valence-electron chi connectivity index (χ1n) is 13.4. The Morgan fingerprint density at radius 3 is 2.38 bits per heavy atom. The van der Waals surface area contributed by atoms with Gasteiger partial charge < -0.3 is 14.6 Å². The van der Waals surface area contributed by atoms with Gasteiger partial charge in [-0.25, -0.2) is 0 Å². The smallest absolute Gasteiger partial charge is 0.253 e. The fourth-order valence-electron chi connectivity index (χ4n) is 6.99. The second-order valence-corrected chi connectivity index (χ2v) is 13.3. The molecule has 9 nitrogen and oxygen atoms in total. The van der Waals surface area contributed by atoms with Crippen LogP contribution in [0, 0.1) is 23.7 Å². The largest absolute Gasteiger partial charge is 0.502 e. The van der Waals surface area contributed by atoms with E-state index in [1.807, 2.05) is 23.6 Å². The number of phenols is 1. The van der Waals surface area contributed by atoms with Crippen molar-refractivity contribution in [2.75, 3.05) is 21.3 Å². The Bertz CT molecular complexity index is 1550. The van der Waals surface area contributed by atoms with Gasteiger partial charge in [-0.15, -0.1) is 34.5 Å². The van der Waals surface area contributed by atoms with Crippen LogP contribution >= 0.6 is 34.5 Å². The zero-order chi connectivity index (χ0) is 30.1. The molecule has 42 heavy (non-hydrogen) atoms. The van der Waals surface area contributed by atoms with Gasteiger partial charge in [0.25, 0.3) is 11.8 Å². The lowest BCUT2D eigenvalue weighted by Gasteiger charge is -2.49. The normalized spacial score (nSPS) is 32.3. The van der Waals surface area contributed by atoms with Gasteiger partial charge in [-0.3, -0.25) is 29.0 Å². The highest BCUT2D eigenvalue weighted by Crippen LogP contribution is 2.63. The molecule has 0 unspecified atom stereocenters. The maximum atomic E-state index is 13.9. The summed E-state index contributed by atoms with van der Waals surface area (Å²) in [5.74, 6) is -4.42. The van der Waals surface area contributed by atoms with Crippen LogP contribution in [-0.2, 0) is 25.7 Å². The number of hydrogen-bond acceptors (Lipinski definition) is 8. The third-order valence-corrected chi connectivity index (χ3v) is 11.3. The van der Waals surface area contributed by atoms with Crippen molar-refractivity contribution < 1.29 is 33.8 Å². The Kier molecular flexibility index (Phi) is 6.94. The van der Waals surface area contributed by atoms with Crippen molar-refractivity contribution in [3.63, 3.8) is 0 Å². The SMILES string of the molecule is COc1cc(C=C[C@H]2C3=CC[C@@H]4C(=O)N(Cc5cccs5)C(=O)[C@@H]4[C@@H]3C[C@@]3(Cl)C(=O)N(C)C(=O)[C@@]23Cl)cc(OC)c1O. The Morgan fingerprint density at radius 1 is 1.07 bits per heavy atom. The van der Waals surface area contributed by atoms with E-state index in [1.54, 1.807) is 24.3 Å². The molecule has 3 heterocycles. The lowest BCUT2D eigenvalue weighted by molar-refractivity contribution is -0.141. The zero-order valence-corrected chi connectivity index (χ0v) is 25.3. The van der Waals surface area contributed by atoms with E-state index in [9.17, 15) is 24.3 Å². The van der Waals surface area contributed by atoms with Crippen molar-refractivity contribution in [2.24, 2.45) is 23.7 Å². The summed E-state index contributed by atoms with van der Waals surface area (Å²) in [4.78, 5) is 53.9. The summed E-state index contributed by atoms with van der Waals surface area (Å²) in [5.41, 5.74) is 1.27. The number of methoxy groups -OCH3 is 2. The second-order valence-electron chi connectivity index (χ2n) is 11.0. The summed E-state index contributed by atoms with van der Waals surface area (Å²) in [7, 11) is 4.17. The number of phenolic OH excluding ortho intramolecular Hbond substituents is 1. The van der Waals surface area contributed by atoms with Gasteiger partial charge in [0.2, 0.25) is 17.6 Å². The number of halogens is 2. The Hall–Kier alpha value is -3.34. The first-order chi connectivity index (χ1) is 20.0. The fourth-order valence-corrected chi connectivity index (χ4v) is 8.66.